The van der Waals surface area contributed by atoms with Gasteiger partial charge in [0, 0.05) is 40.5 Å². The highest BCUT2D eigenvalue weighted by Crippen LogP contribution is 2.34. The van der Waals surface area contributed by atoms with Gasteiger partial charge < -0.3 is 9.64 Å². The Morgan fingerprint density at radius 3 is 2.52 bits per heavy atom. The number of methoxy groups -OCH3 is 1. The number of hydrogen-bond acceptors (Lipinski definition) is 3. The lowest BCUT2D eigenvalue weighted by atomic mass is 10.0. The third kappa shape index (κ3) is 4.23. The van der Waals surface area contributed by atoms with Crippen LogP contribution in [0.1, 0.15) is 32.3 Å². The minimum atomic E-state index is -0.0211. The standard InChI is InChI=1S/C24H25ClN2O2/c1-15(2)24(28)27(20-9-10-20)14-18-12-17-6-11-21(29-3)13-22(17)26-23(18)16-4-7-19(25)8-5-16/h4-8,11-13,15,20H,9-10,14H2,1-3H3. The molecule has 0 aliphatic heterocycles. The lowest BCUT2D eigenvalue weighted by Gasteiger charge is -2.26. The first-order valence-electron chi connectivity index (χ1n) is 10.0. The van der Waals surface area contributed by atoms with Crippen LogP contribution in [0.4, 0.5) is 0 Å². The molecule has 0 N–H and O–H groups in total. The molecule has 4 nitrogen and oxygen atoms in total. The highest BCUT2D eigenvalue weighted by atomic mass is 35.5. The van der Waals surface area contributed by atoms with Crippen molar-refractivity contribution in [3.63, 3.8) is 0 Å². The van der Waals surface area contributed by atoms with Crippen molar-refractivity contribution in [2.45, 2.75) is 39.3 Å². The van der Waals surface area contributed by atoms with Gasteiger partial charge in [0.1, 0.15) is 5.75 Å². The average Bonchev–Trinajstić information content (AvgIpc) is 3.56. The Balaban J connectivity index is 1.82. The monoisotopic (exact) mass is 408 g/mol. The van der Waals surface area contributed by atoms with Gasteiger partial charge in [-0.1, -0.05) is 37.6 Å². The third-order valence-electron chi connectivity index (χ3n) is 5.33. The van der Waals surface area contributed by atoms with Gasteiger partial charge in [-0.15, -0.1) is 0 Å². The summed E-state index contributed by atoms with van der Waals surface area (Å²) in [7, 11) is 1.65. The van der Waals surface area contributed by atoms with Crippen molar-refractivity contribution < 1.29 is 9.53 Å². The molecule has 0 radical (unpaired) electrons. The number of fused-ring (bicyclic) bond motifs is 1. The summed E-state index contributed by atoms with van der Waals surface area (Å²) in [5.74, 6) is 0.950. The molecule has 1 aliphatic rings. The van der Waals surface area contributed by atoms with Crippen LogP contribution in [0.2, 0.25) is 5.02 Å². The lowest BCUT2D eigenvalue weighted by Crippen LogP contribution is -2.35. The molecule has 29 heavy (non-hydrogen) atoms. The minimum absolute atomic E-state index is 0.0211. The fraction of sp³-hybridized carbons (Fsp3) is 0.333. The number of halogens is 1. The number of benzene rings is 2. The van der Waals surface area contributed by atoms with E-state index in [4.69, 9.17) is 21.3 Å². The lowest BCUT2D eigenvalue weighted by molar-refractivity contribution is -0.135. The smallest absolute Gasteiger partial charge is 0.225 e. The molecular formula is C24H25ClN2O2. The van der Waals surface area contributed by atoms with Crippen molar-refractivity contribution in [3.8, 4) is 17.0 Å². The fourth-order valence-electron chi connectivity index (χ4n) is 3.58. The number of ether oxygens (including phenoxy) is 1. The molecule has 3 aromatic rings. The Labute approximate surface area is 176 Å². The van der Waals surface area contributed by atoms with Gasteiger partial charge >= 0.3 is 0 Å². The molecule has 0 saturated heterocycles. The highest BCUT2D eigenvalue weighted by Gasteiger charge is 2.34. The van der Waals surface area contributed by atoms with E-state index in [1.165, 1.54) is 0 Å². The zero-order valence-corrected chi connectivity index (χ0v) is 17.7. The third-order valence-corrected chi connectivity index (χ3v) is 5.58. The van der Waals surface area contributed by atoms with Crippen LogP contribution in [0.15, 0.2) is 48.5 Å². The zero-order valence-electron chi connectivity index (χ0n) is 17.0. The predicted octanol–water partition coefficient (Wildman–Crippen LogP) is 5.71. The van der Waals surface area contributed by atoms with E-state index < -0.39 is 0 Å². The molecule has 1 heterocycles. The summed E-state index contributed by atoms with van der Waals surface area (Å²) in [6.45, 7) is 4.49. The molecular weight excluding hydrogens is 384 g/mol. The van der Waals surface area contributed by atoms with E-state index >= 15 is 0 Å². The maximum atomic E-state index is 12.8. The largest absolute Gasteiger partial charge is 0.497 e. The first kappa shape index (κ1) is 19.7. The Bertz CT molecular complexity index is 1040. The van der Waals surface area contributed by atoms with E-state index in [9.17, 15) is 4.79 Å². The first-order valence-corrected chi connectivity index (χ1v) is 10.4. The average molecular weight is 409 g/mol. The van der Waals surface area contributed by atoms with Gasteiger partial charge in [0.15, 0.2) is 0 Å². The predicted molar refractivity (Wildman–Crippen MR) is 117 cm³/mol. The number of carbonyl (C=O) groups is 1. The van der Waals surface area contributed by atoms with Gasteiger partial charge in [-0.25, -0.2) is 4.98 Å². The van der Waals surface area contributed by atoms with Crippen LogP contribution >= 0.6 is 11.6 Å². The molecule has 1 aliphatic carbocycles. The summed E-state index contributed by atoms with van der Waals surface area (Å²) < 4.78 is 5.37. The molecule has 0 bridgehead atoms. The van der Waals surface area contributed by atoms with Crippen LogP contribution in [0, 0.1) is 5.92 Å². The van der Waals surface area contributed by atoms with Crippen LogP contribution in [0.25, 0.3) is 22.2 Å². The molecule has 0 spiro atoms. The summed E-state index contributed by atoms with van der Waals surface area (Å²) in [4.78, 5) is 19.8. The Hall–Kier alpha value is -2.59. The Morgan fingerprint density at radius 1 is 1.17 bits per heavy atom. The van der Waals surface area contributed by atoms with Crippen molar-refractivity contribution in [3.05, 3.63) is 59.1 Å². The second-order valence-electron chi connectivity index (χ2n) is 7.91. The summed E-state index contributed by atoms with van der Waals surface area (Å²) in [5.41, 5.74) is 3.78. The van der Waals surface area contributed by atoms with Gasteiger partial charge in [-0.2, -0.15) is 0 Å². The summed E-state index contributed by atoms with van der Waals surface area (Å²) in [6, 6.07) is 16.1. The number of carbonyl (C=O) groups excluding carboxylic acids is 1. The number of aromatic nitrogens is 1. The maximum Gasteiger partial charge on any atom is 0.225 e. The van der Waals surface area contributed by atoms with Gasteiger partial charge in [0.2, 0.25) is 5.91 Å². The summed E-state index contributed by atoms with van der Waals surface area (Å²) in [6.07, 6.45) is 2.15. The summed E-state index contributed by atoms with van der Waals surface area (Å²) >= 11 is 6.09. The number of rotatable bonds is 6. The molecule has 150 valence electrons. The van der Waals surface area contributed by atoms with E-state index in [-0.39, 0.29) is 11.8 Å². The SMILES string of the molecule is COc1ccc2cc(CN(C(=O)C(C)C)C3CC3)c(-c3ccc(Cl)cc3)nc2c1. The molecule has 0 unspecified atom stereocenters. The van der Waals surface area contributed by atoms with Crippen LogP contribution < -0.4 is 4.74 Å². The van der Waals surface area contributed by atoms with Crippen LogP contribution in [0.5, 0.6) is 5.75 Å². The molecule has 1 aromatic heterocycles. The van der Waals surface area contributed by atoms with E-state index in [2.05, 4.69) is 6.07 Å². The normalized spacial score (nSPS) is 13.7. The topological polar surface area (TPSA) is 42.4 Å². The number of hydrogen-bond donors (Lipinski definition) is 0. The second-order valence-corrected chi connectivity index (χ2v) is 8.35. The van der Waals surface area contributed by atoms with E-state index in [1.54, 1.807) is 7.11 Å². The molecule has 2 aromatic carbocycles. The molecule has 0 atom stereocenters. The molecule has 1 saturated carbocycles. The quantitative estimate of drug-likeness (QED) is 0.524. The molecule has 5 heteroatoms. The highest BCUT2D eigenvalue weighted by molar-refractivity contribution is 6.30. The summed E-state index contributed by atoms with van der Waals surface area (Å²) in [5, 5.41) is 1.72. The van der Waals surface area contributed by atoms with Crippen molar-refractivity contribution in [1.29, 1.82) is 0 Å². The van der Waals surface area contributed by atoms with Crippen LogP contribution in [-0.4, -0.2) is 28.9 Å². The first-order chi connectivity index (χ1) is 14.0. The Morgan fingerprint density at radius 2 is 1.90 bits per heavy atom. The van der Waals surface area contributed by atoms with Crippen LogP contribution in [-0.2, 0) is 11.3 Å². The molecule has 1 fully saturated rings. The van der Waals surface area contributed by atoms with E-state index in [0.29, 0.717) is 17.6 Å². The Kier molecular flexibility index (Phi) is 5.46. The number of pyridine rings is 1. The van der Waals surface area contributed by atoms with Gasteiger partial charge in [-0.3, -0.25) is 4.79 Å². The van der Waals surface area contributed by atoms with Crippen LogP contribution in [0.3, 0.4) is 0 Å². The van der Waals surface area contributed by atoms with Crippen molar-refractivity contribution in [1.82, 2.24) is 9.88 Å². The second kappa shape index (κ2) is 8.03. The van der Waals surface area contributed by atoms with Crippen molar-refractivity contribution >= 4 is 28.4 Å². The van der Waals surface area contributed by atoms with Crippen molar-refractivity contribution in [2.75, 3.05) is 7.11 Å². The molecule has 4 rings (SSSR count). The zero-order chi connectivity index (χ0) is 20.5. The van der Waals surface area contributed by atoms with E-state index in [0.717, 1.165) is 46.3 Å². The van der Waals surface area contributed by atoms with Gasteiger partial charge in [-0.05, 0) is 48.7 Å². The van der Waals surface area contributed by atoms with Gasteiger partial charge in [0.25, 0.3) is 0 Å². The van der Waals surface area contributed by atoms with E-state index in [1.807, 2.05) is 61.2 Å². The van der Waals surface area contributed by atoms with Crippen molar-refractivity contribution in [2.24, 2.45) is 5.92 Å². The number of nitrogens with zero attached hydrogens (tertiary/aromatic N) is 2. The number of amides is 1. The maximum absolute atomic E-state index is 12.8. The fourth-order valence-corrected chi connectivity index (χ4v) is 3.71. The van der Waals surface area contributed by atoms with Gasteiger partial charge in [0.05, 0.1) is 18.3 Å². The minimum Gasteiger partial charge on any atom is -0.497 e. The molecule has 1 amide bonds.